The summed E-state index contributed by atoms with van der Waals surface area (Å²) >= 11 is 1.49. The highest BCUT2D eigenvalue weighted by Crippen LogP contribution is 2.20. The molecule has 7 heteroatoms. The van der Waals surface area contributed by atoms with Crippen molar-refractivity contribution >= 4 is 41.0 Å². The zero-order valence-electron chi connectivity index (χ0n) is 11.7. The molecule has 0 fully saturated rings. The molecule has 1 aliphatic heterocycles. The number of esters is 1. The van der Waals surface area contributed by atoms with Crippen LogP contribution < -0.4 is 0 Å². The summed E-state index contributed by atoms with van der Waals surface area (Å²) in [7, 11) is 0. The fraction of sp³-hybridized carbons (Fsp3) is 0. The van der Waals surface area contributed by atoms with Gasteiger partial charge in [-0.1, -0.05) is 18.2 Å². The second-order valence-electron chi connectivity index (χ2n) is 4.57. The van der Waals surface area contributed by atoms with Gasteiger partial charge >= 0.3 is 5.97 Å². The van der Waals surface area contributed by atoms with E-state index in [9.17, 15) is 14.9 Å². The van der Waals surface area contributed by atoms with Crippen molar-refractivity contribution in [1.29, 1.82) is 0 Å². The maximum atomic E-state index is 11.7. The molecule has 0 atom stereocenters. The van der Waals surface area contributed by atoms with E-state index in [4.69, 9.17) is 4.74 Å². The van der Waals surface area contributed by atoms with Gasteiger partial charge in [0, 0.05) is 23.1 Å². The van der Waals surface area contributed by atoms with Crippen LogP contribution in [0.3, 0.4) is 0 Å². The lowest BCUT2D eigenvalue weighted by atomic mass is 10.2. The zero-order chi connectivity index (χ0) is 16.2. The number of nitro benzene ring substituents is 1. The highest BCUT2D eigenvalue weighted by atomic mass is 32.1. The third-order valence-corrected chi connectivity index (χ3v) is 3.78. The summed E-state index contributed by atoms with van der Waals surface area (Å²) in [4.78, 5) is 27.0. The molecule has 0 saturated carbocycles. The summed E-state index contributed by atoms with van der Waals surface area (Å²) in [5.41, 5.74) is 0.843. The quantitative estimate of drug-likeness (QED) is 0.371. The lowest BCUT2D eigenvalue weighted by Gasteiger charge is -1.94. The lowest BCUT2D eigenvalue weighted by molar-refractivity contribution is -0.384. The van der Waals surface area contributed by atoms with Crippen molar-refractivity contribution in [3.63, 3.8) is 0 Å². The molecule has 0 unspecified atom stereocenters. The van der Waals surface area contributed by atoms with Gasteiger partial charge in [-0.15, -0.1) is 11.3 Å². The number of thiophene rings is 1. The zero-order valence-corrected chi connectivity index (χ0v) is 12.5. The number of cyclic esters (lactones) is 1. The minimum absolute atomic E-state index is 0.00390. The van der Waals surface area contributed by atoms with Crippen LogP contribution in [-0.2, 0) is 9.53 Å². The molecule has 2 heterocycles. The Kier molecular flexibility index (Phi) is 4.11. The molecule has 0 bridgehead atoms. The first-order valence-corrected chi connectivity index (χ1v) is 7.48. The molecule has 0 amide bonds. The number of hydrogen-bond acceptors (Lipinski definition) is 6. The molecule has 0 aliphatic carbocycles. The fourth-order valence-corrected chi connectivity index (χ4v) is 2.57. The number of aliphatic imine (C=N–C) groups is 1. The molecule has 0 radical (unpaired) electrons. The average Bonchev–Trinajstić information content (AvgIpc) is 3.16. The summed E-state index contributed by atoms with van der Waals surface area (Å²) in [5.74, 6) is -0.360. The van der Waals surface area contributed by atoms with Gasteiger partial charge in [0.15, 0.2) is 5.70 Å². The van der Waals surface area contributed by atoms with Crippen molar-refractivity contribution < 1.29 is 14.5 Å². The smallest absolute Gasteiger partial charge is 0.363 e. The van der Waals surface area contributed by atoms with Gasteiger partial charge in [0.1, 0.15) is 0 Å². The van der Waals surface area contributed by atoms with Crippen molar-refractivity contribution in [3.05, 3.63) is 74.1 Å². The maximum Gasteiger partial charge on any atom is 0.363 e. The topological polar surface area (TPSA) is 81.8 Å². The molecule has 0 spiro atoms. The Labute approximate surface area is 135 Å². The first-order valence-electron chi connectivity index (χ1n) is 6.60. The normalized spacial score (nSPS) is 15.9. The standard InChI is InChI=1S/C16H10N2O4S/c19-16-14(10-13-5-2-8-23-13)17-15(22-16)7-6-11-3-1-4-12(9-11)18(20)21/h1-10H. The Balaban J connectivity index is 1.79. The number of ether oxygens (including phenoxy) is 1. The van der Waals surface area contributed by atoms with Crippen LogP contribution in [0.5, 0.6) is 0 Å². The minimum Gasteiger partial charge on any atom is -0.403 e. The molecule has 1 aromatic heterocycles. The Morgan fingerprint density at radius 2 is 2.09 bits per heavy atom. The van der Waals surface area contributed by atoms with Crippen molar-refractivity contribution in [1.82, 2.24) is 0 Å². The van der Waals surface area contributed by atoms with Gasteiger partial charge in [0.05, 0.1) is 4.92 Å². The van der Waals surface area contributed by atoms with Gasteiger partial charge in [0.25, 0.3) is 5.69 Å². The van der Waals surface area contributed by atoms with Crippen LogP contribution in [0.15, 0.2) is 58.5 Å². The van der Waals surface area contributed by atoms with Crippen LogP contribution in [0.2, 0.25) is 0 Å². The molecule has 3 rings (SSSR count). The van der Waals surface area contributed by atoms with Gasteiger partial charge in [-0.3, -0.25) is 10.1 Å². The summed E-state index contributed by atoms with van der Waals surface area (Å²) in [6, 6.07) is 9.88. The number of benzene rings is 1. The number of carbonyl (C=O) groups excluding carboxylic acids is 1. The number of rotatable bonds is 4. The van der Waals surface area contributed by atoms with Crippen molar-refractivity contribution in [2.24, 2.45) is 4.99 Å². The van der Waals surface area contributed by atoms with Crippen LogP contribution in [-0.4, -0.2) is 16.8 Å². The van der Waals surface area contributed by atoms with Gasteiger partial charge in [0.2, 0.25) is 5.90 Å². The van der Waals surface area contributed by atoms with Gasteiger partial charge in [-0.25, -0.2) is 9.79 Å². The van der Waals surface area contributed by atoms with E-state index >= 15 is 0 Å². The summed E-state index contributed by atoms with van der Waals surface area (Å²) in [6.07, 6.45) is 4.76. The van der Waals surface area contributed by atoms with E-state index in [2.05, 4.69) is 4.99 Å². The molecule has 114 valence electrons. The molecule has 0 saturated heterocycles. The first kappa shape index (κ1) is 14.9. The number of hydrogen-bond donors (Lipinski definition) is 0. The monoisotopic (exact) mass is 326 g/mol. The lowest BCUT2D eigenvalue weighted by Crippen LogP contribution is -2.00. The summed E-state index contributed by atoms with van der Waals surface area (Å²) in [6.45, 7) is 0. The molecule has 1 aromatic carbocycles. The van der Waals surface area contributed by atoms with E-state index in [1.807, 2.05) is 17.5 Å². The number of non-ortho nitro benzene ring substituents is 1. The molecular formula is C16H10N2O4S. The Bertz CT molecular complexity index is 851. The number of carbonyl (C=O) groups is 1. The van der Waals surface area contributed by atoms with E-state index < -0.39 is 10.9 Å². The summed E-state index contributed by atoms with van der Waals surface area (Å²) < 4.78 is 5.05. The summed E-state index contributed by atoms with van der Waals surface area (Å²) in [5, 5.41) is 12.6. The van der Waals surface area contributed by atoms with E-state index in [1.165, 1.54) is 29.5 Å². The maximum absolute atomic E-state index is 11.7. The third-order valence-electron chi connectivity index (χ3n) is 2.96. The van der Waals surface area contributed by atoms with Crippen LogP contribution in [0, 0.1) is 10.1 Å². The van der Waals surface area contributed by atoms with E-state index in [0.29, 0.717) is 5.56 Å². The van der Waals surface area contributed by atoms with Crippen molar-refractivity contribution in [3.8, 4) is 0 Å². The van der Waals surface area contributed by atoms with E-state index in [0.717, 1.165) is 4.88 Å². The highest BCUT2D eigenvalue weighted by Gasteiger charge is 2.21. The van der Waals surface area contributed by atoms with E-state index in [-0.39, 0.29) is 17.3 Å². The SMILES string of the molecule is O=C1OC(C=Cc2cccc([N+](=O)[O-])c2)=NC1=Cc1cccs1. The second-order valence-corrected chi connectivity index (χ2v) is 5.55. The first-order chi connectivity index (χ1) is 11.1. The Hall–Kier alpha value is -3.06. The van der Waals surface area contributed by atoms with Crippen molar-refractivity contribution in [2.45, 2.75) is 0 Å². The third kappa shape index (κ3) is 3.58. The molecular weight excluding hydrogens is 316 g/mol. The minimum atomic E-state index is -0.517. The van der Waals surface area contributed by atoms with E-state index in [1.54, 1.807) is 24.3 Å². The predicted molar refractivity (Wildman–Crippen MR) is 88.0 cm³/mol. The highest BCUT2D eigenvalue weighted by molar-refractivity contribution is 7.10. The average molecular weight is 326 g/mol. The van der Waals surface area contributed by atoms with Gasteiger partial charge < -0.3 is 4.74 Å². The predicted octanol–water partition coefficient (Wildman–Crippen LogP) is 3.67. The molecule has 1 aliphatic rings. The van der Waals surface area contributed by atoms with Crippen LogP contribution >= 0.6 is 11.3 Å². The second kappa shape index (κ2) is 6.37. The van der Waals surface area contributed by atoms with Gasteiger partial charge in [-0.05, 0) is 29.2 Å². The molecule has 6 nitrogen and oxygen atoms in total. The van der Waals surface area contributed by atoms with Crippen molar-refractivity contribution in [2.75, 3.05) is 0 Å². The van der Waals surface area contributed by atoms with Crippen LogP contribution in [0.1, 0.15) is 10.4 Å². The Morgan fingerprint density at radius 3 is 2.83 bits per heavy atom. The molecule has 2 aromatic rings. The largest absolute Gasteiger partial charge is 0.403 e. The number of nitro groups is 1. The van der Waals surface area contributed by atoms with Crippen LogP contribution in [0.4, 0.5) is 5.69 Å². The molecule has 23 heavy (non-hydrogen) atoms. The number of nitrogens with zero attached hydrogens (tertiary/aromatic N) is 2. The molecule has 0 N–H and O–H groups in total. The Morgan fingerprint density at radius 1 is 1.22 bits per heavy atom. The van der Waals surface area contributed by atoms with Crippen LogP contribution in [0.25, 0.3) is 12.2 Å². The fourth-order valence-electron chi connectivity index (χ4n) is 1.91. The van der Waals surface area contributed by atoms with Gasteiger partial charge in [-0.2, -0.15) is 0 Å².